The summed E-state index contributed by atoms with van der Waals surface area (Å²) in [6, 6.07) is 25.1. The van der Waals surface area contributed by atoms with Gasteiger partial charge in [-0.3, -0.25) is 4.79 Å². The third-order valence-electron chi connectivity index (χ3n) is 7.38. The van der Waals surface area contributed by atoms with E-state index in [1.807, 2.05) is 74.2 Å². The van der Waals surface area contributed by atoms with Crippen LogP contribution in [0.4, 0.5) is 17.1 Å². The maximum atomic E-state index is 12.5. The first kappa shape index (κ1) is 42.8. The molecule has 0 aliphatic rings. The van der Waals surface area contributed by atoms with Crippen molar-refractivity contribution in [2.24, 2.45) is 0 Å². The third-order valence-corrected chi connectivity index (χ3v) is 7.38. The van der Waals surface area contributed by atoms with Gasteiger partial charge in [0.25, 0.3) is 5.70 Å². The van der Waals surface area contributed by atoms with Crippen molar-refractivity contribution in [3.63, 3.8) is 0 Å². The van der Waals surface area contributed by atoms with Crippen LogP contribution in [0, 0.1) is 29.2 Å². The highest BCUT2D eigenvalue weighted by atomic mass is 16.6. The van der Waals surface area contributed by atoms with Crippen LogP contribution in [0.25, 0.3) is 23.1 Å². The van der Waals surface area contributed by atoms with Gasteiger partial charge in [0.15, 0.2) is 0 Å². The van der Waals surface area contributed by atoms with Crippen LogP contribution in [0.15, 0.2) is 89.6 Å². The predicted octanol–water partition coefficient (Wildman–Crippen LogP) is 6.97. The van der Waals surface area contributed by atoms with Gasteiger partial charge in [0.2, 0.25) is 0 Å². The number of carbonyl (C=O) groups excluding carboxylic acids is 3. The summed E-state index contributed by atoms with van der Waals surface area (Å²) in [4.78, 5) is 42.6. The van der Waals surface area contributed by atoms with Gasteiger partial charge >= 0.3 is 17.9 Å². The Morgan fingerprint density at radius 1 is 0.564 bits per heavy atom. The lowest BCUT2D eigenvalue weighted by Gasteiger charge is -2.26. The second kappa shape index (κ2) is 23.9. The lowest BCUT2D eigenvalue weighted by atomic mass is 10.1. The maximum absolute atomic E-state index is 12.5. The summed E-state index contributed by atoms with van der Waals surface area (Å²) in [7, 11) is 0. The molecule has 0 aromatic heterocycles. The van der Waals surface area contributed by atoms with E-state index < -0.39 is 17.9 Å². The largest absolute Gasteiger partial charge is 0.468 e. The number of nitrogens with zero attached hydrogens (tertiary/aromatic N) is 4. The molecule has 55 heavy (non-hydrogen) atoms. The average Bonchev–Trinajstić information content (AvgIpc) is 3.21. The zero-order valence-electron chi connectivity index (χ0n) is 31.0. The maximum Gasteiger partial charge on any atom is 0.348 e. The van der Waals surface area contributed by atoms with Gasteiger partial charge in [0.1, 0.15) is 43.1 Å². The van der Waals surface area contributed by atoms with E-state index in [4.69, 9.17) is 35.0 Å². The molecule has 284 valence electrons. The Bertz CT molecular complexity index is 1720. The van der Waals surface area contributed by atoms with Crippen molar-refractivity contribution in [2.75, 3.05) is 64.4 Å². The molecule has 0 amide bonds. The number of hydrogen-bond donors (Lipinski definition) is 0. The molecule has 0 aliphatic heterocycles. The van der Waals surface area contributed by atoms with E-state index in [1.54, 1.807) is 36.4 Å². The molecule has 0 radical (unpaired) electrons. The predicted molar refractivity (Wildman–Crippen MR) is 205 cm³/mol. The molecule has 0 N–H and O–H groups in total. The van der Waals surface area contributed by atoms with Gasteiger partial charge in [-0.1, -0.05) is 36.4 Å². The monoisotopic (exact) mass is 746 g/mol. The summed E-state index contributed by atoms with van der Waals surface area (Å²) >= 11 is 0. The van der Waals surface area contributed by atoms with Crippen LogP contribution in [0.3, 0.4) is 0 Å². The first-order valence-corrected chi connectivity index (χ1v) is 17.5. The number of rotatable bonds is 21. The summed E-state index contributed by atoms with van der Waals surface area (Å²) in [5.74, 6) is -2.26. The normalized spacial score (nSPS) is 11.5. The minimum atomic E-state index is -0.755. The van der Waals surface area contributed by atoms with Gasteiger partial charge in [-0.05, 0) is 92.1 Å². The summed E-state index contributed by atoms with van der Waals surface area (Å²) in [6.07, 6.45) is 4.31. The summed E-state index contributed by atoms with van der Waals surface area (Å²) in [6.45, 7) is 15.2. The molecule has 0 fully saturated rings. The topological polar surface area (TPSA) is 162 Å². The Morgan fingerprint density at radius 2 is 0.891 bits per heavy atom. The Hall–Kier alpha value is -6.56. The van der Waals surface area contributed by atoms with Crippen LogP contribution in [0.2, 0.25) is 0 Å². The minimum absolute atomic E-state index is 0.0247. The molecule has 0 unspecified atom stereocenters. The van der Waals surface area contributed by atoms with Crippen molar-refractivity contribution in [1.82, 2.24) is 0 Å². The van der Waals surface area contributed by atoms with Crippen LogP contribution in [-0.4, -0.2) is 77.4 Å². The smallest absolute Gasteiger partial charge is 0.348 e. The van der Waals surface area contributed by atoms with Crippen molar-refractivity contribution in [3.8, 4) is 12.1 Å². The molecule has 0 bridgehead atoms. The van der Waals surface area contributed by atoms with Crippen molar-refractivity contribution < 1.29 is 42.8 Å². The van der Waals surface area contributed by atoms with Gasteiger partial charge in [-0.2, -0.15) is 10.5 Å². The fraction of sp³-hybridized carbons (Fsp3) is 0.286. The number of esters is 3. The minimum Gasteiger partial charge on any atom is -0.468 e. The van der Waals surface area contributed by atoms with Gasteiger partial charge in [-0.15, -0.1) is 0 Å². The van der Waals surface area contributed by atoms with E-state index in [0.29, 0.717) is 53.6 Å². The molecule has 0 spiro atoms. The number of benzene rings is 3. The highest BCUT2D eigenvalue weighted by Crippen LogP contribution is 2.35. The molecule has 0 atom stereocenters. The van der Waals surface area contributed by atoms with E-state index in [2.05, 4.69) is 4.85 Å². The standard InChI is InChI=1S/C42H42N4O9/c1-5-50-20-23-53-40(47)34(29-43)26-31-8-14-36(15-9-31)46(37-16-10-32(11-17-37)27-35(30-44)41(48)54-24-21-51-6-2)38-18-12-33(13-19-38)28-39(45-4)42(49)55-25-22-52-7-3/h8-19,26-28H,5-7,20-25H2,1-3H3/b34-26+,35-27+,39-28-. The van der Waals surface area contributed by atoms with E-state index in [1.165, 1.54) is 18.2 Å². The van der Waals surface area contributed by atoms with Crippen molar-refractivity contribution in [2.45, 2.75) is 20.8 Å². The molecule has 3 rings (SSSR count). The number of ether oxygens (including phenoxy) is 6. The molecule has 0 aliphatic carbocycles. The summed E-state index contributed by atoms with van der Waals surface area (Å²) in [5, 5.41) is 19.2. The fourth-order valence-corrected chi connectivity index (χ4v) is 4.75. The number of carbonyl (C=O) groups is 3. The zero-order valence-corrected chi connectivity index (χ0v) is 31.0. The Morgan fingerprint density at radius 3 is 1.20 bits per heavy atom. The van der Waals surface area contributed by atoms with Gasteiger partial charge in [0, 0.05) is 36.9 Å². The van der Waals surface area contributed by atoms with E-state index in [9.17, 15) is 24.9 Å². The second-order valence-electron chi connectivity index (χ2n) is 11.1. The van der Waals surface area contributed by atoms with E-state index in [-0.39, 0.29) is 56.5 Å². The van der Waals surface area contributed by atoms with Gasteiger partial charge < -0.3 is 33.3 Å². The average molecular weight is 747 g/mol. The molecule has 13 heteroatoms. The highest BCUT2D eigenvalue weighted by Gasteiger charge is 2.16. The van der Waals surface area contributed by atoms with Crippen LogP contribution in [0.1, 0.15) is 37.5 Å². The summed E-state index contributed by atoms with van der Waals surface area (Å²) in [5.41, 5.74) is 3.36. The Kier molecular flexibility index (Phi) is 18.6. The molecule has 13 nitrogen and oxygen atoms in total. The quantitative estimate of drug-likeness (QED) is 0.0275. The van der Waals surface area contributed by atoms with Gasteiger partial charge in [-0.25, -0.2) is 14.4 Å². The van der Waals surface area contributed by atoms with Crippen molar-refractivity contribution >= 4 is 53.2 Å². The van der Waals surface area contributed by atoms with E-state index in [0.717, 1.165) is 0 Å². The first-order chi connectivity index (χ1) is 26.8. The SMILES string of the molecule is [C-]#[N+]/C(=C\c1ccc(N(c2ccc(/C=C(\C#N)C(=O)OCCOCC)cc2)c2ccc(/C=C(\C#N)C(=O)OCCOCC)cc2)cc1)C(=O)OCCOCC. The zero-order chi connectivity index (χ0) is 39.8. The van der Waals surface area contributed by atoms with Crippen molar-refractivity contribution in [1.29, 1.82) is 10.5 Å². The first-order valence-electron chi connectivity index (χ1n) is 17.5. The van der Waals surface area contributed by atoms with Crippen molar-refractivity contribution in [3.05, 3.63) is 118 Å². The molecular formula is C42H42N4O9. The fourth-order valence-electron chi connectivity index (χ4n) is 4.75. The summed E-state index contributed by atoms with van der Waals surface area (Å²) < 4.78 is 31.0. The molecule has 0 saturated heterocycles. The van der Waals surface area contributed by atoms with Crippen LogP contribution in [-0.2, 0) is 42.8 Å². The molecule has 0 heterocycles. The lowest BCUT2D eigenvalue weighted by Crippen LogP contribution is -2.12. The van der Waals surface area contributed by atoms with Crippen LogP contribution >= 0.6 is 0 Å². The molecular weight excluding hydrogens is 704 g/mol. The molecule has 3 aromatic carbocycles. The molecule has 0 saturated carbocycles. The Balaban J connectivity index is 1.96. The highest BCUT2D eigenvalue weighted by molar-refractivity contribution is 5.99. The number of hydrogen-bond acceptors (Lipinski definition) is 12. The lowest BCUT2D eigenvalue weighted by molar-refractivity contribution is -0.140. The number of nitriles is 2. The van der Waals surface area contributed by atoms with E-state index >= 15 is 0 Å². The van der Waals surface area contributed by atoms with Crippen LogP contribution in [0.5, 0.6) is 0 Å². The number of anilines is 3. The third kappa shape index (κ3) is 14.1. The molecule has 3 aromatic rings. The van der Waals surface area contributed by atoms with Gasteiger partial charge in [0.05, 0.1) is 26.4 Å². The Labute approximate surface area is 321 Å². The van der Waals surface area contributed by atoms with Crippen LogP contribution < -0.4 is 4.90 Å². The second-order valence-corrected chi connectivity index (χ2v) is 11.1.